The Kier molecular flexibility index (Phi) is 3.76. The summed E-state index contributed by atoms with van der Waals surface area (Å²) in [5.74, 6) is 0.883. The van der Waals surface area contributed by atoms with E-state index < -0.39 is 9.84 Å². The molecule has 0 fully saturated rings. The van der Waals surface area contributed by atoms with E-state index in [1.807, 2.05) is 0 Å². The number of ether oxygens (including phenoxy) is 2. The van der Waals surface area contributed by atoms with E-state index in [2.05, 4.69) is 0 Å². The number of benzene rings is 2. The molecule has 0 saturated carbocycles. The van der Waals surface area contributed by atoms with Crippen LogP contribution in [0, 0.1) is 0 Å². The maximum atomic E-state index is 12.4. The second kappa shape index (κ2) is 5.32. The van der Waals surface area contributed by atoms with Crippen molar-refractivity contribution < 1.29 is 17.9 Å². The molecule has 4 nitrogen and oxygen atoms in total. The standard InChI is InChI=1S/C14H14O4S/c1-17-13-9-8-12(10-14(13)18-2)19(15,16)11-6-4-3-5-7-11/h3-10H,1-2H3. The van der Waals surface area contributed by atoms with Crippen LogP contribution in [-0.4, -0.2) is 22.6 Å². The number of sulfone groups is 1. The average molecular weight is 278 g/mol. The van der Waals surface area contributed by atoms with E-state index >= 15 is 0 Å². The molecule has 2 aromatic rings. The van der Waals surface area contributed by atoms with Gasteiger partial charge in [-0.15, -0.1) is 0 Å². The van der Waals surface area contributed by atoms with Gasteiger partial charge in [-0.05, 0) is 24.3 Å². The van der Waals surface area contributed by atoms with Gasteiger partial charge in [0.15, 0.2) is 11.5 Å². The van der Waals surface area contributed by atoms with Gasteiger partial charge in [0, 0.05) is 6.07 Å². The van der Waals surface area contributed by atoms with Gasteiger partial charge in [-0.2, -0.15) is 0 Å². The van der Waals surface area contributed by atoms with Crippen LogP contribution in [0.4, 0.5) is 0 Å². The summed E-state index contributed by atoms with van der Waals surface area (Å²) in [5, 5.41) is 0. The molecule has 2 aromatic carbocycles. The van der Waals surface area contributed by atoms with Crippen LogP contribution < -0.4 is 9.47 Å². The van der Waals surface area contributed by atoms with Gasteiger partial charge in [0.05, 0.1) is 24.0 Å². The van der Waals surface area contributed by atoms with E-state index in [1.54, 1.807) is 36.4 Å². The first-order chi connectivity index (χ1) is 9.09. The van der Waals surface area contributed by atoms with Crippen molar-refractivity contribution in [1.82, 2.24) is 0 Å². The summed E-state index contributed by atoms with van der Waals surface area (Å²) in [6.45, 7) is 0. The summed E-state index contributed by atoms with van der Waals surface area (Å²) in [6.07, 6.45) is 0. The molecule has 0 spiro atoms. The quantitative estimate of drug-likeness (QED) is 0.862. The Morgan fingerprint density at radius 2 is 1.42 bits per heavy atom. The second-order valence-electron chi connectivity index (χ2n) is 3.83. The first-order valence-electron chi connectivity index (χ1n) is 5.62. The van der Waals surface area contributed by atoms with E-state index in [4.69, 9.17) is 9.47 Å². The second-order valence-corrected chi connectivity index (χ2v) is 5.78. The summed E-state index contributed by atoms with van der Waals surface area (Å²) in [5.41, 5.74) is 0. The zero-order valence-corrected chi connectivity index (χ0v) is 11.5. The van der Waals surface area contributed by atoms with Crippen molar-refractivity contribution in [3.8, 4) is 11.5 Å². The molecule has 0 aromatic heterocycles. The number of hydrogen-bond acceptors (Lipinski definition) is 4. The van der Waals surface area contributed by atoms with Crippen molar-refractivity contribution in [1.29, 1.82) is 0 Å². The van der Waals surface area contributed by atoms with Gasteiger partial charge in [0.1, 0.15) is 0 Å². The van der Waals surface area contributed by atoms with Gasteiger partial charge >= 0.3 is 0 Å². The van der Waals surface area contributed by atoms with Crippen LogP contribution in [0.5, 0.6) is 11.5 Å². The molecule has 0 radical (unpaired) electrons. The molecule has 0 atom stereocenters. The van der Waals surface area contributed by atoms with Crippen LogP contribution >= 0.6 is 0 Å². The maximum Gasteiger partial charge on any atom is 0.206 e. The van der Waals surface area contributed by atoms with E-state index in [0.29, 0.717) is 11.5 Å². The highest BCUT2D eigenvalue weighted by atomic mass is 32.2. The third-order valence-corrected chi connectivity index (χ3v) is 4.49. The SMILES string of the molecule is COc1ccc(S(=O)(=O)c2ccccc2)cc1OC. The lowest BCUT2D eigenvalue weighted by Gasteiger charge is -2.10. The van der Waals surface area contributed by atoms with Crippen molar-refractivity contribution in [2.75, 3.05) is 14.2 Å². The fraction of sp³-hybridized carbons (Fsp3) is 0.143. The number of hydrogen-bond donors (Lipinski definition) is 0. The van der Waals surface area contributed by atoms with Crippen molar-refractivity contribution in [2.24, 2.45) is 0 Å². The first kappa shape index (κ1) is 13.4. The van der Waals surface area contributed by atoms with Crippen LogP contribution in [0.3, 0.4) is 0 Å². The predicted octanol–water partition coefficient (Wildman–Crippen LogP) is 2.54. The molecule has 2 rings (SSSR count). The molecule has 0 aliphatic carbocycles. The molecule has 0 bridgehead atoms. The van der Waals surface area contributed by atoms with Crippen LogP contribution in [-0.2, 0) is 9.84 Å². The van der Waals surface area contributed by atoms with Crippen LogP contribution in [0.15, 0.2) is 58.3 Å². The van der Waals surface area contributed by atoms with Crippen LogP contribution in [0.25, 0.3) is 0 Å². The predicted molar refractivity (Wildman–Crippen MR) is 71.4 cm³/mol. The summed E-state index contributed by atoms with van der Waals surface area (Å²) in [6, 6.07) is 12.8. The van der Waals surface area contributed by atoms with Crippen molar-refractivity contribution in [3.05, 3.63) is 48.5 Å². The van der Waals surface area contributed by atoms with Gasteiger partial charge in [-0.1, -0.05) is 18.2 Å². The molecule has 0 heterocycles. The lowest BCUT2D eigenvalue weighted by molar-refractivity contribution is 0.354. The Morgan fingerprint density at radius 1 is 0.789 bits per heavy atom. The third kappa shape index (κ3) is 2.56. The van der Waals surface area contributed by atoms with Gasteiger partial charge in [0.2, 0.25) is 9.84 Å². The van der Waals surface area contributed by atoms with Gasteiger partial charge in [-0.25, -0.2) is 8.42 Å². The lowest BCUT2D eigenvalue weighted by Crippen LogP contribution is -2.02. The van der Waals surface area contributed by atoms with Gasteiger partial charge in [-0.3, -0.25) is 0 Å². The van der Waals surface area contributed by atoms with Crippen LogP contribution in [0.1, 0.15) is 0 Å². The lowest BCUT2D eigenvalue weighted by atomic mass is 10.3. The first-order valence-corrected chi connectivity index (χ1v) is 7.10. The Labute approximate surface area is 112 Å². The molecule has 0 saturated heterocycles. The monoisotopic (exact) mass is 278 g/mol. The number of methoxy groups -OCH3 is 2. The topological polar surface area (TPSA) is 52.6 Å². The third-order valence-electron chi connectivity index (χ3n) is 2.72. The minimum atomic E-state index is -3.53. The highest BCUT2D eigenvalue weighted by Gasteiger charge is 2.19. The Bertz CT molecular complexity index is 663. The Morgan fingerprint density at radius 3 is 2.00 bits per heavy atom. The normalized spacial score (nSPS) is 11.1. The summed E-state index contributed by atoms with van der Waals surface area (Å²) in [7, 11) is -0.560. The van der Waals surface area contributed by atoms with Crippen molar-refractivity contribution in [2.45, 2.75) is 9.79 Å². The minimum Gasteiger partial charge on any atom is -0.493 e. The molecular weight excluding hydrogens is 264 g/mol. The van der Waals surface area contributed by atoms with E-state index in [9.17, 15) is 8.42 Å². The average Bonchev–Trinajstić information content (AvgIpc) is 2.47. The molecule has 5 heteroatoms. The molecule has 0 aliphatic heterocycles. The molecule has 0 N–H and O–H groups in total. The molecule has 0 aliphatic rings. The molecule has 100 valence electrons. The zero-order valence-electron chi connectivity index (χ0n) is 10.7. The highest BCUT2D eigenvalue weighted by molar-refractivity contribution is 7.91. The van der Waals surface area contributed by atoms with E-state index in [-0.39, 0.29) is 9.79 Å². The fourth-order valence-corrected chi connectivity index (χ4v) is 3.02. The maximum absolute atomic E-state index is 12.4. The molecule has 19 heavy (non-hydrogen) atoms. The van der Waals surface area contributed by atoms with E-state index in [1.165, 1.54) is 26.4 Å². The molecule has 0 amide bonds. The van der Waals surface area contributed by atoms with Crippen molar-refractivity contribution >= 4 is 9.84 Å². The summed E-state index contributed by atoms with van der Waals surface area (Å²) in [4.78, 5) is 0.429. The zero-order chi connectivity index (χ0) is 13.9. The summed E-state index contributed by atoms with van der Waals surface area (Å²) < 4.78 is 35.0. The number of rotatable bonds is 4. The Hall–Kier alpha value is -2.01. The van der Waals surface area contributed by atoms with Gasteiger partial charge < -0.3 is 9.47 Å². The summed E-state index contributed by atoms with van der Waals surface area (Å²) >= 11 is 0. The van der Waals surface area contributed by atoms with Gasteiger partial charge in [0.25, 0.3) is 0 Å². The minimum absolute atomic E-state index is 0.177. The molecular formula is C14H14O4S. The molecule has 0 unspecified atom stereocenters. The smallest absolute Gasteiger partial charge is 0.206 e. The van der Waals surface area contributed by atoms with E-state index in [0.717, 1.165) is 0 Å². The highest BCUT2D eigenvalue weighted by Crippen LogP contribution is 2.31. The van der Waals surface area contributed by atoms with Crippen molar-refractivity contribution in [3.63, 3.8) is 0 Å². The Balaban J connectivity index is 2.53. The fourth-order valence-electron chi connectivity index (χ4n) is 1.72. The van der Waals surface area contributed by atoms with Crippen LogP contribution in [0.2, 0.25) is 0 Å². The largest absolute Gasteiger partial charge is 0.493 e.